The van der Waals surface area contributed by atoms with Gasteiger partial charge in [0.15, 0.2) is 4.77 Å². The van der Waals surface area contributed by atoms with Crippen molar-refractivity contribution < 1.29 is 4.79 Å². The number of carbonyl (C=O) groups is 1. The number of H-pyrrole nitrogens is 1. The standard InChI is InChI=1S/C19H20N4OS/c1-14(16-10-6-3-7-11-16)20-18(24)12-17-21-22-19(25)23(17)13-15-8-4-2-5-9-15/h2-11,14H,12-13H2,1H3,(H,20,24)(H,22,25)/t14-/m1/s1. The fourth-order valence-corrected chi connectivity index (χ4v) is 2.89. The summed E-state index contributed by atoms with van der Waals surface area (Å²) < 4.78 is 2.38. The van der Waals surface area contributed by atoms with Crippen molar-refractivity contribution in [3.05, 3.63) is 82.4 Å². The highest BCUT2D eigenvalue weighted by molar-refractivity contribution is 7.71. The molecule has 0 radical (unpaired) electrons. The van der Waals surface area contributed by atoms with Gasteiger partial charge in [0, 0.05) is 0 Å². The lowest BCUT2D eigenvalue weighted by atomic mass is 10.1. The molecule has 3 aromatic rings. The second-order valence-corrected chi connectivity index (χ2v) is 6.28. The zero-order chi connectivity index (χ0) is 17.6. The van der Waals surface area contributed by atoms with Crippen molar-refractivity contribution in [1.29, 1.82) is 0 Å². The Morgan fingerprint density at radius 1 is 1.16 bits per heavy atom. The molecular weight excluding hydrogens is 332 g/mol. The second-order valence-electron chi connectivity index (χ2n) is 5.89. The molecule has 2 N–H and O–H groups in total. The number of amides is 1. The molecule has 0 bridgehead atoms. The molecule has 0 unspecified atom stereocenters. The Labute approximate surface area is 151 Å². The van der Waals surface area contributed by atoms with Crippen LogP contribution in [-0.2, 0) is 17.8 Å². The summed E-state index contributed by atoms with van der Waals surface area (Å²) >= 11 is 5.30. The van der Waals surface area contributed by atoms with Gasteiger partial charge in [-0.15, -0.1) is 0 Å². The summed E-state index contributed by atoms with van der Waals surface area (Å²) in [5, 5.41) is 10.0. The summed E-state index contributed by atoms with van der Waals surface area (Å²) in [5.74, 6) is 0.547. The van der Waals surface area contributed by atoms with Crippen molar-refractivity contribution in [2.75, 3.05) is 0 Å². The number of nitrogens with zero attached hydrogens (tertiary/aromatic N) is 2. The minimum Gasteiger partial charge on any atom is -0.349 e. The molecule has 25 heavy (non-hydrogen) atoms. The Kier molecular flexibility index (Phi) is 5.40. The lowest BCUT2D eigenvalue weighted by Gasteiger charge is -2.14. The molecule has 2 aromatic carbocycles. The van der Waals surface area contributed by atoms with Crippen LogP contribution < -0.4 is 5.32 Å². The average molecular weight is 352 g/mol. The molecule has 128 valence electrons. The van der Waals surface area contributed by atoms with Crippen LogP contribution in [0.1, 0.15) is 29.9 Å². The van der Waals surface area contributed by atoms with E-state index in [1.165, 1.54) is 0 Å². The van der Waals surface area contributed by atoms with Crippen LogP contribution in [0, 0.1) is 4.77 Å². The van der Waals surface area contributed by atoms with Gasteiger partial charge in [0.2, 0.25) is 5.91 Å². The third-order valence-corrected chi connectivity index (χ3v) is 4.33. The quantitative estimate of drug-likeness (QED) is 0.668. The van der Waals surface area contributed by atoms with E-state index >= 15 is 0 Å². The van der Waals surface area contributed by atoms with E-state index in [0.29, 0.717) is 17.1 Å². The van der Waals surface area contributed by atoms with Gasteiger partial charge in [-0.25, -0.2) is 0 Å². The van der Waals surface area contributed by atoms with Gasteiger partial charge in [0.05, 0.1) is 19.0 Å². The largest absolute Gasteiger partial charge is 0.349 e. The number of hydrogen-bond acceptors (Lipinski definition) is 3. The molecule has 0 spiro atoms. The van der Waals surface area contributed by atoms with E-state index in [1.54, 1.807) is 0 Å². The second kappa shape index (κ2) is 7.90. The molecule has 0 saturated heterocycles. The molecule has 1 aromatic heterocycles. The zero-order valence-electron chi connectivity index (χ0n) is 14.0. The van der Waals surface area contributed by atoms with Gasteiger partial charge < -0.3 is 5.32 Å². The number of nitrogens with one attached hydrogen (secondary N) is 2. The highest BCUT2D eigenvalue weighted by Gasteiger charge is 2.14. The summed E-state index contributed by atoms with van der Waals surface area (Å²) in [5.41, 5.74) is 2.18. The first kappa shape index (κ1) is 17.1. The maximum atomic E-state index is 12.4. The summed E-state index contributed by atoms with van der Waals surface area (Å²) in [6.07, 6.45) is 0.178. The van der Waals surface area contributed by atoms with Crippen molar-refractivity contribution in [3.63, 3.8) is 0 Å². The number of hydrogen-bond donors (Lipinski definition) is 2. The predicted molar refractivity (Wildman–Crippen MR) is 99.7 cm³/mol. The van der Waals surface area contributed by atoms with Crippen molar-refractivity contribution in [2.45, 2.75) is 25.9 Å². The van der Waals surface area contributed by atoms with E-state index in [-0.39, 0.29) is 18.4 Å². The number of benzene rings is 2. The van der Waals surface area contributed by atoms with E-state index in [0.717, 1.165) is 11.1 Å². The predicted octanol–water partition coefficient (Wildman–Crippen LogP) is 3.41. The molecule has 0 aliphatic carbocycles. The van der Waals surface area contributed by atoms with Gasteiger partial charge in [-0.1, -0.05) is 60.7 Å². The summed E-state index contributed by atoms with van der Waals surface area (Å²) in [6.45, 7) is 2.56. The van der Waals surface area contributed by atoms with Gasteiger partial charge in [0.25, 0.3) is 0 Å². The Morgan fingerprint density at radius 3 is 2.48 bits per heavy atom. The molecule has 0 fully saturated rings. The minimum atomic E-state index is -0.0836. The van der Waals surface area contributed by atoms with Gasteiger partial charge >= 0.3 is 0 Å². The van der Waals surface area contributed by atoms with Crippen LogP contribution in [0.25, 0.3) is 0 Å². The summed E-state index contributed by atoms with van der Waals surface area (Å²) in [6, 6.07) is 19.8. The third kappa shape index (κ3) is 4.42. The van der Waals surface area contributed by atoms with Gasteiger partial charge in [-0.2, -0.15) is 5.10 Å². The Hall–Kier alpha value is -2.73. The molecule has 1 atom stereocenters. The van der Waals surface area contributed by atoms with Crippen LogP contribution in [0.4, 0.5) is 0 Å². The van der Waals surface area contributed by atoms with Crippen molar-refractivity contribution in [3.8, 4) is 0 Å². The number of aromatic amines is 1. The smallest absolute Gasteiger partial charge is 0.228 e. The molecule has 5 nitrogen and oxygen atoms in total. The molecule has 1 amide bonds. The van der Waals surface area contributed by atoms with Crippen molar-refractivity contribution in [1.82, 2.24) is 20.1 Å². The summed E-state index contributed by atoms with van der Waals surface area (Å²) in [4.78, 5) is 12.4. The highest BCUT2D eigenvalue weighted by atomic mass is 32.1. The van der Waals surface area contributed by atoms with Gasteiger partial charge in [-0.3, -0.25) is 14.5 Å². The number of aromatic nitrogens is 3. The lowest BCUT2D eigenvalue weighted by molar-refractivity contribution is -0.121. The monoisotopic (exact) mass is 352 g/mol. The first-order valence-corrected chi connectivity index (χ1v) is 8.56. The van der Waals surface area contributed by atoms with Gasteiger partial charge in [0.1, 0.15) is 5.82 Å². The normalized spacial score (nSPS) is 11.9. The maximum absolute atomic E-state index is 12.4. The fraction of sp³-hybridized carbons (Fsp3) is 0.211. The molecule has 0 aliphatic rings. The fourth-order valence-electron chi connectivity index (χ4n) is 2.68. The van der Waals surface area contributed by atoms with E-state index in [1.807, 2.05) is 72.2 Å². The molecule has 1 heterocycles. The van der Waals surface area contributed by atoms with E-state index in [9.17, 15) is 4.79 Å². The third-order valence-electron chi connectivity index (χ3n) is 4.02. The topological polar surface area (TPSA) is 62.7 Å². The lowest BCUT2D eigenvalue weighted by Crippen LogP contribution is -2.29. The first-order valence-electron chi connectivity index (χ1n) is 8.16. The maximum Gasteiger partial charge on any atom is 0.228 e. The Bertz CT molecular complexity index is 887. The molecule has 3 rings (SSSR count). The number of carbonyl (C=O) groups excluding carboxylic acids is 1. The van der Waals surface area contributed by atoms with Crippen LogP contribution in [0.15, 0.2) is 60.7 Å². The van der Waals surface area contributed by atoms with Crippen LogP contribution in [0.2, 0.25) is 0 Å². The van der Waals surface area contributed by atoms with Crippen LogP contribution in [0.3, 0.4) is 0 Å². The van der Waals surface area contributed by atoms with Crippen LogP contribution >= 0.6 is 12.2 Å². The van der Waals surface area contributed by atoms with Crippen LogP contribution in [0.5, 0.6) is 0 Å². The Balaban J connectivity index is 1.69. The molecule has 0 aliphatic heterocycles. The molecular formula is C19H20N4OS. The van der Waals surface area contributed by atoms with Crippen LogP contribution in [-0.4, -0.2) is 20.7 Å². The SMILES string of the molecule is C[C@@H](NC(=O)Cc1n[nH]c(=S)n1Cc1ccccc1)c1ccccc1. The van der Waals surface area contributed by atoms with E-state index < -0.39 is 0 Å². The first-order chi connectivity index (χ1) is 12.1. The highest BCUT2D eigenvalue weighted by Crippen LogP contribution is 2.12. The average Bonchev–Trinajstić information content (AvgIpc) is 2.96. The van der Waals surface area contributed by atoms with E-state index in [4.69, 9.17) is 12.2 Å². The zero-order valence-corrected chi connectivity index (χ0v) is 14.8. The number of rotatable bonds is 6. The van der Waals surface area contributed by atoms with E-state index in [2.05, 4.69) is 15.5 Å². The van der Waals surface area contributed by atoms with Crippen molar-refractivity contribution in [2.24, 2.45) is 0 Å². The Morgan fingerprint density at radius 2 is 1.80 bits per heavy atom. The molecule has 0 saturated carbocycles. The van der Waals surface area contributed by atoms with Crippen molar-refractivity contribution >= 4 is 18.1 Å². The minimum absolute atomic E-state index is 0.0572. The van der Waals surface area contributed by atoms with Gasteiger partial charge in [-0.05, 0) is 30.3 Å². The summed E-state index contributed by atoms with van der Waals surface area (Å²) in [7, 11) is 0. The molecule has 6 heteroatoms.